The molecular weight excluding hydrogens is 702 g/mol. The molecule has 3 aromatic heterocycles. The SMILES string of the molecule is Cc1sc2c(c1C)C(c1ccc(Cl)cc1)=N[C@@H](CC(=O)Nc1cnc(-c3ccc(OCCCOCC(=O)OC(C)(C)C)cc3)cn1)c1nnc(C)n1-2. The summed E-state index contributed by atoms with van der Waals surface area (Å²) in [7, 11) is 0. The van der Waals surface area contributed by atoms with Crippen molar-refractivity contribution in [2.24, 2.45) is 4.99 Å². The van der Waals surface area contributed by atoms with Gasteiger partial charge in [-0.15, -0.1) is 21.5 Å². The number of hydrogen-bond acceptors (Lipinski definition) is 11. The number of esters is 1. The number of hydrogen-bond donors (Lipinski definition) is 1. The van der Waals surface area contributed by atoms with Gasteiger partial charge in [0.1, 0.15) is 34.8 Å². The van der Waals surface area contributed by atoms with E-state index in [0.29, 0.717) is 47.7 Å². The van der Waals surface area contributed by atoms with Crippen molar-refractivity contribution in [2.75, 3.05) is 25.1 Å². The Morgan fingerprint density at radius 1 is 0.942 bits per heavy atom. The number of aryl methyl sites for hydroxylation is 2. The van der Waals surface area contributed by atoms with Gasteiger partial charge < -0.3 is 19.5 Å². The second-order valence-electron chi connectivity index (χ2n) is 13.3. The molecule has 2 aromatic carbocycles. The molecule has 0 fully saturated rings. The summed E-state index contributed by atoms with van der Waals surface area (Å²) in [6, 6.07) is 14.4. The van der Waals surface area contributed by atoms with Gasteiger partial charge in [0, 0.05) is 33.0 Å². The average molecular weight is 742 g/mol. The predicted molar refractivity (Wildman–Crippen MR) is 201 cm³/mol. The molecule has 0 bridgehead atoms. The molecule has 1 atom stereocenters. The first kappa shape index (κ1) is 36.8. The van der Waals surface area contributed by atoms with E-state index in [1.54, 1.807) is 17.5 Å². The second-order valence-corrected chi connectivity index (χ2v) is 14.9. The third-order valence-corrected chi connectivity index (χ3v) is 9.59. The molecule has 0 saturated heterocycles. The largest absolute Gasteiger partial charge is 0.494 e. The molecule has 270 valence electrons. The highest BCUT2D eigenvalue weighted by molar-refractivity contribution is 7.15. The van der Waals surface area contributed by atoms with Gasteiger partial charge in [0.25, 0.3) is 0 Å². The number of fused-ring (bicyclic) bond motifs is 3. The van der Waals surface area contributed by atoms with E-state index in [-0.39, 0.29) is 24.9 Å². The van der Waals surface area contributed by atoms with Gasteiger partial charge in [0.15, 0.2) is 11.6 Å². The van der Waals surface area contributed by atoms with Crippen molar-refractivity contribution in [2.45, 2.75) is 66.0 Å². The van der Waals surface area contributed by atoms with E-state index in [9.17, 15) is 9.59 Å². The molecule has 0 unspecified atom stereocenters. The maximum absolute atomic E-state index is 13.5. The zero-order valence-corrected chi connectivity index (χ0v) is 31.5. The predicted octanol–water partition coefficient (Wildman–Crippen LogP) is 7.41. The number of aliphatic imine (C=N–C) groups is 1. The minimum Gasteiger partial charge on any atom is -0.494 e. The van der Waals surface area contributed by atoms with E-state index in [0.717, 1.165) is 38.8 Å². The lowest BCUT2D eigenvalue weighted by Gasteiger charge is -2.19. The Hall–Kier alpha value is -4.98. The van der Waals surface area contributed by atoms with Gasteiger partial charge in [-0.1, -0.05) is 23.7 Å². The number of carbonyl (C=O) groups excluding carboxylic acids is 2. The molecular formula is C38H40ClN7O5S. The van der Waals surface area contributed by atoms with E-state index in [1.807, 2.05) is 80.8 Å². The molecule has 4 heterocycles. The first-order chi connectivity index (χ1) is 24.9. The summed E-state index contributed by atoms with van der Waals surface area (Å²) in [6.07, 6.45) is 3.77. The average Bonchev–Trinajstić information content (AvgIpc) is 3.58. The third kappa shape index (κ3) is 8.72. The Labute approximate surface area is 311 Å². The van der Waals surface area contributed by atoms with Crippen LogP contribution in [0.25, 0.3) is 16.3 Å². The normalized spacial score (nSPS) is 13.8. The summed E-state index contributed by atoms with van der Waals surface area (Å²) in [5.41, 5.74) is 4.74. The maximum atomic E-state index is 13.5. The summed E-state index contributed by atoms with van der Waals surface area (Å²) < 4.78 is 18.4. The van der Waals surface area contributed by atoms with Gasteiger partial charge in [0.2, 0.25) is 5.91 Å². The van der Waals surface area contributed by atoms with Gasteiger partial charge in [-0.2, -0.15) is 0 Å². The lowest BCUT2D eigenvalue weighted by Crippen LogP contribution is -2.26. The van der Waals surface area contributed by atoms with Crippen LogP contribution in [-0.2, 0) is 19.1 Å². The Kier molecular flexibility index (Phi) is 11.1. The van der Waals surface area contributed by atoms with Gasteiger partial charge >= 0.3 is 5.97 Å². The van der Waals surface area contributed by atoms with Crippen molar-refractivity contribution in [1.29, 1.82) is 0 Å². The van der Waals surface area contributed by atoms with Crippen molar-refractivity contribution in [3.05, 3.63) is 99.2 Å². The quantitative estimate of drug-likeness (QED) is 0.102. The first-order valence-corrected chi connectivity index (χ1v) is 18.1. The van der Waals surface area contributed by atoms with Crippen molar-refractivity contribution < 1.29 is 23.8 Å². The van der Waals surface area contributed by atoms with E-state index in [4.69, 9.17) is 30.8 Å². The molecule has 12 nitrogen and oxygen atoms in total. The van der Waals surface area contributed by atoms with Crippen molar-refractivity contribution in [3.63, 3.8) is 0 Å². The standard InChI is InChI=1S/C38H40ClN7O5S/c1-22-23(2)52-37-34(22)35(26-8-12-27(39)13-9-26)42-29(36-45-44-24(3)46(36)37)18-32(47)43-31-20-40-30(19-41-31)25-10-14-28(15-11-25)50-17-7-16-49-21-33(48)51-38(4,5)6/h8-15,19-20,29H,7,16-18,21H2,1-6H3,(H,41,43,47)/t29-/m0/s1. The number of rotatable bonds is 12. The topological polar surface area (TPSA) is 143 Å². The molecule has 5 aromatic rings. The van der Waals surface area contributed by atoms with E-state index in [1.165, 1.54) is 11.1 Å². The number of carbonyl (C=O) groups is 2. The molecule has 1 aliphatic rings. The van der Waals surface area contributed by atoms with Crippen LogP contribution in [-0.4, -0.2) is 67.7 Å². The van der Waals surface area contributed by atoms with Crippen LogP contribution in [0.1, 0.15) is 72.9 Å². The molecule has 0 saturated carbocycles. The summed E-state index contributed by atoms with van der Waals surface area (Å²) >= 11 is 7.88. The number of thiophene rings is 1. The fraction of sp³-hybridized carbons (Fsp3) is 0.342. The molecule has 1 N–H and O–H groups in total. The van der Waals surface area contributed by atoms with Crippen molar-refractivity contribution in [1.82, 2.24) is 24.7 Å². The number of amides is 1. The highest BCUT2D eigenvalue weighted by atomic mass is 35.5. The summed E-state index contributed by atoms with van der Waals surface area (Å²) in [6.45, 7) is 12.3. The Morgan fingerprint density at radius 3 is 2.37 bits per heavy atom. The molecule has 14 heteroatoms. The molecule has 0 aliphatic carbocycles. The second kappa shape index (κ2) is 15.7. The minimum absolute atomic E-state index is 0.0168. The van der Waals surface area contributed by atoms with Crippen LogP contribution in [0.2, 0.25) is 5.02 Å². The lowest BCUT2D eigenvalue weighted by atomic mass is 9.99. The molecule has 0 spiro atoms. The van der Waals surface area contributed by atoms with Crippen LogP contribution in [0.3, 0.4) is 0 Å². The highest BCUT2D eigenvalue weighted by Crippen LogP contribution is 2.39. The van der Waals surface area contributed by atoms with Crippen LogP contribution in [0, 0.1) is 20.8 Å². The molecule has 52 heavy (non-hydrogen) atoms. The molecule has 1 aliphatic heterocycles. The molecule has 6 rings (SSSR count). The third-order valence-electron chi connectivity index (χ3n) is 8.15. The maximum Gasteiger partial charge on any atom is 0.332 e. The summed E-state index contributed by atoms with van der Waals surface area (Å²) in [4.78, 5) is 40.5. The molecule has 0 radical (unpaired) electrons. The van der Waals surface area contributed by atoms with E-state index in [2.05, 4.69) is 39.3 Å². The first-order valence-electron chi connectivity index (χ1n) is 16.9. The Balaban J connectivity index is 1.08. The fourth-order valence-electron chi connectivity index (χ4n) is 5.64. The van der Waals surface area contributed by atoms with Gasteiger partial charge in [-0.3, -0.25) is 19.3 Å². The Morgan fingerprint density at radius 2 is 1.67 bits per heavy atom. The van der Waals surface area contributed by atoms with Gasteiger partial charge in [-0.05, 0) is 83.5 Å². The zero-order valence-electron chi connectivity index (χ0n) is 29.9. The zero-order chi connectivity index (χ0) is 37.0. The van der Waals surface area contributed by atoms with E-state index >= 15 is 0 Å². The lowest BCUT2D eigenvalue weighted by molar-refractivity contribution is -0.160. The fourth-order valence-corrected chi connectivity index (χ4v) is 6.98. The Bertz CT molecular complexity index is 2090. The monoisotopic (exact) mass is 741 g/mol. The number of aromatic nitrogens is 5. The van der Waals surface area contributed by atoms with Crippen LogP contribution < -0.4 is 10.1 Å². The van der Waals surface area contributed by atoms with Crippen LogP contribution in [0.4, 0.5) is 5.82 Å². The van der Waals surface area contributed by atoms with Gasteiger partial charge in [-0.25, -0.2) is 9.78 Å². The molecule has 1 amide bonds. The number of nitrogens with one attached hydrogen (secondary N) is 1. The number of nitrogens with zero attached hydrogens (tertiary/aromatic N) is 6. The van der Waals surface area contributed by atoms with Crippen molar-refractivity contribution >= 4 is 46.3 Å². The van der Waals surface area contributed by atoms with Crippen LogP contribution >= 0.6 is 22.9 Å². The number of benzene rings is 2. The van der Waals surface area contributed by atoms with Gasteiger partial charge in [0.05, 0.1) is 43.4 Å². The smallest absolute Gasteiger partial charge is 0.332 e. The summed E-state index contributed by atoms with van der Waals surface area (Å²) in [5.74, 6) is 1.66. The van der Waals surface area contributed by atoms with Crippen LogP contribution in [0.15, 0.2) is 65.9 Å². The number of halogens is 1. The summed E-state index contributed by atoms with van der Waals surface area (Å²) in [5, 5.41) is 13.3. The number of ether oxygens (including phenoxy) is 3. The minimum atomic E-state index is -0.607. The van der Waals surface area contributed by atoms with Crippen LogP contribution in [0.5, 0.6) is 5.75 Å². The van der Waals surface area contributed by atoms with Crippen molar-refractivity contribution in [3.8, 4) is 22.0 Å². The highest BCUT2D eigenvalue weighted by Gasteiger charge is 2.32. The number of anilines is 1. The van der Waals surface area contributed by atoms with E-state index < -0.39 is 11.6 Å².